The molecule has 1 aliphatic heterocycles. The van der Waals surface area contributed by atoms with Crippen LogP contribution in [0, 0.1) is 0 Å². The summed E-state index contributed by atoms with van der Waals surface area (Å²) in [6, 6.07) is 6.03. The normalized spacial score (nSPS) is 20.1. The predicted molar refractivity (Wildman–Crippen MR) is 67.1 cm³/mol. The number of anilines is 1. The highest BCUT2D eigenvalue weighted by molar-refractivity contribution is 9.10. The second kappa shape index (κ2) is 4.45. The molecule has 0 spiro atoms. The van der Waals surface area contributed by atoms with Crippen molar-refractivity contribution in [2.24, 2.45) is 0 Å². The number of carboxylic acids is 1. The highest BCUT2D eigenvalue weighted by Gasteiger charge is 2.21. The van der Waals surface area contributed by atoms with E-state index in [-0.39, 0.29) is 0 Å². The molecule has 1 heterocycles. The Labute approximate surface area is 103 Å². The molecule has 3 nitrogen and oxygen atoms in total. The Kier molecular flexibility index (Phi) is 3.19. The van der Waals surface area contributed by atoms with Gasteiger partial charge in [0.15, 0.2) is 0 Å². The lowest BCUT2D eigenvalue weighted by Gasteiger charge is -2.24. The molecule has 1 aromatic carbocycles. The number of rotatable bonds is 2. The standard InChI is InChI=1S/C12H14BrNO2/c1-8-3-2-6-14(8)9-4-5-11(13)10(7-9)12(15)16/h4-5,7-8H,2-3,6H2,1H3,(H,15,16). The molecule has 0 bridgehead atoms. The van der Waals surface area contributed by atoms with Crippen molar-refractivity contribution in [2.45, 2.75) is 25.8 Å². The molecule has 2 rings (SSSR count). The van der Waals surface area contributed by atoms with Gasteiger partial charge in [-0.2, -0.15) is 0 Å². The molecule has 0 aromatic heterocycles. The molecule has 1 saturated heterocycles. The van der Waals surface area contributed by atoms with Gasteiger partial charge in [-0.3, -0.25) is 0 Å². The second-order valence-electron chi connectivity index (χ2n) is 4.15. The lowest BCUT2D eigenvalue weighted by molar-refractivity contribution is 0.0696. The summed E-state index contributed by atoms with van der Waals surface area (Å²) < 4.78 is 0.635. The average molecular weight is 284 g/mol. The Morgan fingerprint density at radius 2 is 2.31 bits per heavy atom. The van der Waals surface area contributed by atoms with Gasteiger partial charge >= 0.3 is 5.97 Å². The van der Waals surface area contributed by atoms with E-state index in [0.717, 1.165) is 12.2 Å². The van der Waals surface area contributed by atoms with Crippen LogP contribution in [0.3, 0.4) is 0 Å². The third kappa shape index (κ3) is 2.07. The van der Waals surface area contributed by atoms with E-state index in [1.54, 1.807) is 6.07 Å². The first-order valence-corrected chi connectivity index (χ1v) is 6.18. The number of hydrogen-bond acceptors (Lipinski definition) is 2. The van der Waals surface area contributed by atoms with E-state index in [1.807, 2.05) is 12.1 Å². The van der Waals surface area contributed by atoms with Crippen molar-refractivity contribution in [3.05, 3.63) is 28.2 Å². The van der Waals surface area contributed by atoms with Gasteiger partial charge in [0.05, 0.1) is 5.56 Å². The van der Waals surface area contributed by atoms with Gasteiger partial charge in [-0.1, -0.05) is 0 Å². The molecule has 0 amide bonds. The maximum absolute atomic E-state index is 11.0. The third-order valence-corrected chi connectivity index (χ3v) is 3.76. The van der Waals surface area contributed by atoms with E-state index in [1.165, 1.54) is 12.8 Å². The molecular weight excluding hydrogens is 270 g/mol. The van der Waals surface area contributed by atoms with Crippen molar-refractivity contribution in [3.8, 4) is 0 Å². The number of aromatic carboxylic acids is 1. The van der Waals surface area contributed by atoms with Crippen molar-refractivity contribution in [1.82, 2.24) is 0 Å². The number of benzene rings is 1. The van der Waals surface area contributed by atoms with Gasteiger partial charge in [-0.25, -0.2) is 4.79 Å². The smallest absolute Gasteiger partial charge is 0.336 e. The minimum absolute atomic E-state index is 0.330. The van der Waals surface area contributed by atoms with Crippen LogP contribution in [-0.4, -0.2) is 23.7 Å². The van der Waals surface area contributed by atoms with Gasteiger partial charge in [-0.05, 0) is 53.9 Å². The van der Waals surface area contributed by atoms with Gasteiger partial charge in [0.1, 0.15) is 0 Å². The summed E-state index contributed by atoms with van der Waals surface area (Å²) in [5, 5.41) is 9.05. The van der Waals surface area contributed by atoms with Crippen LogP contribution in [0.5, 0.6) is 0 Å². The number of halogens is 1. The molecule has 4 heteroatoms. The molecular formula is C12H14BrNO2. The first kappa shape index (κ1) is 11.5. The largest absolute Gasteiger partial charge is 0.478 e. The summed E-state index contributed by atoms with van der Waals surface area (Å²) in [5.41, 5.74) is 1.34. The molecule has 1 aromatic rings. The summed E-state index contributed by atoms with van der Waals surface area (Å²) in [6.07, 6.45) is 2.36. The van der Waals surface area contributed by atoms with Crippen molar-refractivity contribution in [3.63, 3.8) is 0 Å². The Hall–Kier alpha value is -1.03. The van der Waals surface area contributed by atoms with E-state index in [2.05, 4.69) is 27.8 Å². The number of carbonyl (C=O) groups is 1. The minimum atomic E-state index is -0.888. The Bertz CT molecular complexity index is 419. The van der Waals surface area contributed by atoms with Crippen molar-refractivity contribution >= 4 is 27.6 Å². The van der Waals surface area contributed by atoms with E-state index in [4.69, 9.17) is 5.11 Å². The van der Waals surface area contributed by atoms with Crippen LogP contribution in [0.25, 0.3) is 0 Å². The van der Waals surface area contributed by atoms with Gasteiger partial charge in [0.2, 0.25) is 0 Å². The highest BCUT2D eigenvalue weighted by atomic mass is 79.9. The Morgan fingerprint density at radius 3 is 2.88 bits per heavy atom. The SMILES string of the molecule is CC1CCCN1c1ccc(Br)c(C(=O)O)c1. The van der Waals surface area contributed by atoms with Crippen LogP contribution in [0.2, 0.25) is 0 Å². The van der Waals surface area contributed by atoms with Crippen LogP contribution in [0.1, 0.15) is 30.1 Å². The van der Waals surface area contributed by atoms with Crippen LogP contribution < -0.4 is 4.90 Å². The minimum Gasteiger partial charge on any atom is -0.478 e. The topological polar surface area (TPSA) is 40.5 Å². The molecule has 1 unspecified atom stereocenters. The summed E-state index contributed by atoms with van der Waals surface area (Å²) in [6.45, 7) is 3.19. The van der Waals surface area contributed by atoms with E-state index >= 15 is 0 Å². The van der Waals surface area contributed by atoms with Crippen LogP contribution >= 0.6 is 15.9 Å². The molecule has 86 valence electrons. The van der Waals surface area contributed by atoms with E-state index < -0.39 is 5.97 Å². The summed E-state index contributed by atoms with van der Waals surface area (Å²) in [7, 11) is 0. The molecule has 1 fully saturated rings. The number of hydrogen-bond donors (Lipinski definition) is 1. The van der Waals surface area contributed by atoms with Gasteiger partial charge in [-0.15, -0.1) is 0 Å². The Balaban J connectivity index is 2.35. The molecule has 1 atom stereocenters. The highest BCUT2D eigenvalue weighted by Crippen LogP contribution is 2.29. The zero-order valence-corrected chi connectivity index (χ0v) is 10.7. The Morgan fingerprint density at radius 1 is 1.56 bits per heavy atom. The number of nitrogens with zero attached hydrogens (tertiary/aromatic N) is 1. The molecule has 16 heavy (non-hydrogen) atoms. The fourth-order valence-corrected chi connectivity index (χ4v) is 2.59. The summed E-state index contributed by atoms with van der Waals surface area (Å²) in [5.74, 6) is -0.888. The fourth-order valence-electron chi connectivity index (χ4n) is 2.17. The zero-order chi connectivity index (χ0) is 11.7. The summed E-state index contributed by atoms with van der Waals surface area (Å²) in [4.78, 5) is 13.3. The lowest BCUT2D eigenvalue weighted by Crippen LogP contribution is -2.26. The van der Waals surface area contributed by atoms with Gasteiger partial charge in [0.25, 0.3) is 0 Å². The maximum atomic E-state index is 11.0. The van der Waals surface area contributed by atoms with Gasteiger partial charge in [0, 0.05) is 22.7 Å². The van der Waals surface area contributed by atoms with Gasteiger partial charge < -0.3 is 10.0 Å². The van der Waals surface area contributed by atoms with Crippen LogP contribution in [-0.2, 0) is 0 Å². The predicted octanol–water partition coefficient (Wildman–Crippen LogP) is 3.14. The molecule has 0 radical (unpaired) electrons. The van der Waals surface area contributed by atoms with Crippen LogP contribution in [0.4, 0.5) is 5.69 Å². The lowest BCUT2D eigenvalue weighted by atomic mass is 10.1. The summed E-state index contributed by atoms with van der Waals surface area (Å²) >= 11 is 3.26. The van der Waals surface area contributed by atoms with Crippen molar-refractivity contribution in [2.75, 3.05) is 11.4 Å². The molecule has 0 aliphatic carbocycles. The fraction of sp³-hybridized carbons (Fsp3) is 0.417. The van der Waals surface area contributed by atoms with Crippen molar-refractivity contribution < 1.29 is 9.90 Å². The maximum Gasteiger partial charge on any atom is 0.336 e. The first-order chi connectivity index (χ1) is 7.59. The third-order valence-electron chi connectivity index (χ3n) is 3.06. The monoisotopic (exact) mass is 283 g/mol. The molecule has 1 aliphatic rings. The van der Waals surface area contributed by atoms with E-state index in [9.17, 15) is 4.79 Å². The number of carboxylic acid groups (broad SMARTS) is 1. The van der Waals surface area contributed by atoms with E-state index in [0.29, 0.717) is 16.1 Å². The molecule has 1 N–H and O–H groups in total. The second-order valence-corrected chi connectivity index (χ2v) is 5.01. The zero-order valence-electron chi connectivity index (χ0n) is 9.11. The first-order valence-electron chi connectivity index (χ1n) is 5.39. The van der Waals surface area contributed by atoms with Crippen molar-refractivity contribution in [1.29, 1.82) is 0 Å². The average Bonchev–Trinajstić information content (AvgIpc) is 2.65. The molecule has 0 saturated carbocycles. The van der Waals surface area contributed by atoms with Crippen LogP contribution in [0.15, 0.2) is 22.7 Å². The quantitative estimate of drug-likeness (QED) is 0.907.